The van der Waals surface area contributed by atoms with Crippen molar-refractivity contribution < 1.29 is 8.42 Å². The van der Waals surface area contributed by atoms with Crippen molar-refractivity contribution in [2.45, 2.75) is 25.6 Å². The lowest BCUT2D eigenvalue weighted by molar-refractivity contribution is 0.135. The number of piperazine rings is 1. The number of hydrogen-bond acceptors (Lipinski definition) is 4. The quantitative estimate of drug-likeness (QED) is 0.846. The molecule has 1 saturated heterocycles. The van der Waals surface area contributed by atoms with E-state index in [0.29, 0.717) is 18.8 Å². The van der Waals surface area contributed by atoms with Gasteiger partial charge >= 0.3 is 0 Å². The van der Waals surface area contributed by atoms with Crippen LogP contribution in [-0.4, -0.2) is 49.8 Å². The Morgan fingerprint density at radius 2 is 1.90 bits per heavy atom. The van der Waals surface area contributed by atoms with Gasteiger partial charge in [-0.1, -0.05) is 19.1 Å². The predicted octanol–water partition coefficient (Wildman–Crippen LogP) is 1.12. The molecule has 1 aliphatic heterocycles. The lowest BCUT2D eigenvalue weighted by Crippen LogP contribution is -2.53. The van der Waals surface area contributed by atoms with Crippen molar-refractivity contribution in [2.24, 2.45) is 0 Å². The summed E-state index contributed by atoms with van der Waals surface area (Å²) in [5.74, 6) is 0.0477. The molecule has 2 rings (SSSR count). The molecule has 1 unspecified atom stereocenters. The smallest absolute Gasteiger partial charge is 0.218 e. The van der Waals surface area contributed by atoms with Crippen molar-refractivity contribution in [1.82, 2.24) is 9.21 Å². The van der Waals surface area contributed by atoms with Gasteiger partial charge in [-0.15, -0.1) is 0 Å². The van der Waals surface area contributed by atoms with Gasteiger partial charge in [0.05, 0.1) is 5.75 Å². The fourth-order valence-corrected chi connectivity index (χ4v) is 4.20. The second kappa shape index (κ2) is 6.11. The van der Waals surface area contributed by atoms with Gasteiger partial charge in [-0.2, -0.15) is 4.31 Å². The molecular formula is C14H23N3O2S. The topological polar surface area (TPSA) is 66.6 Å². The molecule has 0 spiro atoms. The van der Waals surface area contributed by atoms with Crippen molar-refractivity contribution in [2.75, 3.05) is 31.9 Å². The van der Waals surface area contributed by atoms with Gasteiger partial charge in [0, 0.05) is 31.4 Å². The van der Waals surface area contributed by atoms with Gasteiger partial charge in [-0.3, -0.25) is 4.90 Å². The molecule has 1 heterocycles. The molecule has 20 heavy (non-hydrogen) atoms. The largest absolute Gasteiger partial charge is 0.399 e. The number of benzene rings is 1. The molecule has 6 heteroatoms. The molecule has 1 fully saturated rings. The Bertz CT molecular complexity index is 542. The van der Waals surface area contributed by atoms with Gasteiger partial charge in [0.1, 0.15) is 0 Å². The molecule has 0 aliphatic carbocycles. The van der Waals surface area contributed by atoms with E-state index >= 15 is 0 Å². The summed E-state index contributed by atoms with van der Waals surface area (Å²) in [4.78, 5) is 2.30. The molecule has 1 aliphatic rings. The Balaban J connectivity index is 2.05. The summed E-state index contributed by atoms with van der Waals surface area (Å²) >= 11 is 0. The number of rotatable bonds is 4. The van der Waals surface area contributed by atoms with E-state index in [9.17, 15) is 8.42 Å². The van der Waals surface area contributed by atoms with Crippen LogP contribution in [0.5, 0.6) is 0 Å². The molecule has 0 saturated carbocycles. The van der Waals surface area contributed by atoms with Gasteiger partial charge in [-0.05, 0) is 31.2 Å². The SMILES string of the molecule is CCN1CCN(S(=O)(=O)Cc2ccc(N)cc2)CC1C. The average Bonchev–Trinajstić information content (AvgIpc) is 2.41. The van der Waals surface area contributed by atoms with Crippen LogP contribution in [0.25, 0.3) is 0 Å². The normalized spacial score (nSPS) is 22.0. The lowest BCUT2D eigenvalue weighted by Gasteiger charge is -2.38. The minimum Gasteiger partial charge on any atom is -0.399 e. The Morgan fingerprint density at radius 3 is 2.45 bits per heavy atom. The summed E-state index contributed by atoms with van der Waals surface area (Å²) in [6.07, 6.45) is 0. The first kappa shape index (κ1) is 15.3. The van der Waals surface area contributed by atoms with Crippen LogP contribution in [0.15, 0.2) is 24.3 Å². The maximum Gasteiger partial charge on any atom is 0.218 e. The van der Waals surface area contributed by atoms with E-state index in [1.54, 1.807) is 28.6 Å². The zero-order chi connectivity index (χ0) is 14.8. The molecule has 5 nitrogen and oxygen atoms in total. The highest BCUT2D eigenvalue weighted by molar-refractivity contribution is 7.88. The molecule has 112 valence electrons. The van der Waals surface area contributed by atoms with Crippen molar-refractivity contribution in [3.8, 4) is 0 Å². The third-order valence-electron chi connectivity index (χ3n) is 3.86. The second-order valence-electron chi connectivity index (χ2n) is 5.33. The first-order valence-corrected chi connectivity index (χ1v) is 8.59. The molecule has 0 aromatic heterocycles. The van der Waals surface area contributed by atoms with Crippen LogP contribution < -0.4 is 5.73 Å². The summed E-state index contributed by atoms with van der Waals surface area (Å²) in [7, 11) is -3.25. The third-order valence-corrected chi connectivity index (χ3v) is 5.67. The van der Waals surface area contributed by atoms with Crippen molar-refractivity contribution in [1.29, 1.82) is 0 Å². The van der Waals surface area contributed by atoms with Gasteiger partial charge < -0.3 is 5.73 Å². The molecular weight excluding hydrogens is 274 g/mol. The number of nitrogen functional groups attached to an aromatic ring is 1. The molecule has 1 atom stereocenters. The van der Waals surface area contributed by atoms with Crippen LogP contribution >= 0.6 is 0 Å². The number of hydrogen-bond donors (Lipinski definition) is 1. The predicted molar refractivity (Wildman–Crippen MR) is 81.8 cm³/mol. The van der Waals surface area contributed by atoms with E-state index in [1.807, 2.05) is 0 Å². The molecule has 0 radical (unpaired) electrons. The average molecular weight is 297 g/mol. The first-order chi connectivity index (χ1) is 9.42. The second-order valence-corrected chi connectivity index (χ2v) is 7.30. The maximum atomic E-state index is 12.5. The van der Waals surface area contributed by atoms with E-state index in [4.69, 9.17) is 5.73 Å². The van der Waals surface area contributed by atoms with E-state index in [1.165, 1.54) is 0 Å². The van der Waals surface area contributed by atoms with Gasteiger partial charge in [0.25, 0.3) is 0 Å². The molecule has 1 aromatic carbocycles. The van der Waals surface area contributed by atoms with Gasteiger partial charge in [-0.25, -0.2) is 8.42 Å². The van der Waals surface area contributed by atoms with Crippen LogP contribution in [-0.2, 0) is 15.8 Å². The Morgan fingerprint density at radius 1 is 1.25 bits per heavy atom. The van der Waals surface area contributed by atoms with Crippen LogP contribution in [0.3, 0.4) is 0 Å². The standard InChI is InChI=1S/C14H23N3O2S/c1-3-16-8-9-17(10-12(16)2)20(18,19)11-13-4-6-14(15)7-5-13/h4-7,12H,3,8-11,15H2,1-2H3. The van der Waals surface area contributed by atoms with Crippen LogP contribution in [0.4, 0.5) is 5.69 Å². The Kier molecular flexibility index (Phi) is 4.67. The summed E-state index contributed by atoms with van der Waals surface area (Å²) in [5.41, 5.74) is 7.05. The summed E-state index contributed by atoms with van der Waals surface area (Å²) in [6, 6.07) is 7.30. The number of sulfonamides is 1. The maximum absolute atomic E-state index is 12.5. The highest BCUT2D eigenvalue weighted by Crippen LogP contribution is 2.17. The molecule has 0 amide bonds. The molecule has 2 N–H and O–H groups in total. The zero-order valence-electron chi connectivity index (χ0n) is 12.1. The van der Waals surface area contributed by atoms with Crippen LogP contribution in [0.1, 0.15) is 19.4 Å². The fourth-order valence-electron chi connectivity index (χ4n) is 2.60. The minimum atomic E-state index is -3.25. The number of likely N-dealkylation sites (N-methyl/N-ethyl adjacent to an activating group) is 1. The minimum absolute atomic E-state index is 0.0477. The molecule has 0 bridgehead atoms. The Hall–Kier alpha value is -1.11. The fraction of sp³-hybridized carbons (Fsp3) is 0.571. The van der Waals surface area contributed by atoms with Crippen molar-refractivity contribution >= 4 is 15.7 Å². The summed E-state index contributed by atoms with van der Waals surface area (Å²) in [5, 5.41) is 0. The van der Waals surface area contributed by atoms with E-state index < -0.39 is 10.0 Å². The lowest BCUT2D eigenvalue weighted by atomic mass is 10.2. The van der Waals surface area contributed by atoms with Crippen molar-refractivity contribution in [3.63, 3.8) is 0 Å². The summed E-state index contributed by atoms with van der Waals surface area (Å²) < 4.78 is 26.5. The zero-order valence-corrected chi connectivity index (χ0v) is 12.9. The monoisotopic (exact) mass is 297 g/mol. The number of nitrogens with zero attached hydrogens (tertiary/aromatic N) is 2. The van der Waals surface area contributed by atoms with Gasteiger partial charge in [0.2, 0.25) is 10.0 Å². The molecule has 1 aromatic rings. The van der Waals surface area contributed by atoms with E-state index in [2.05, 4.69) is 18.7 Å². The van der Waals surface area contributed by atoms with Crippen molar-refractivity contribution in [3.05, 3.63) is 29.8 Å². The van der Waals surface area contributed by atoms with Gasteiger partial charge in [0.15, 0.2) is 0 Å². The van der Waals surface area contributed by atoms with E-state index in [0.717, 1.165) is 18.7 Å². The highest BCUT2D eigenvalue weighted by Gasteiger charge is 2.30. The number of anilines is 1. The summed E-state index contributed by atoms with van der Waals surface area (Å²) in [6.45, 7) is 7.11. The van der Waals surface area contributed by atoms with Crippen LogP contribution in [0.2, 0.25) is 0 Å². The van der Waals surface area contributed by atoms with Crippen LogP contribution in [0, 0.1) is 0 Å². The van der Waals surface area contributed by atoms with E-state index in [-0.39, 0.29) is 11.8 Å². The third kappa shape index (κ3) is 3.50. The first-order valence-electron chi connectivity index (χ1n) is 6.98. The Labute approximate surface area is 121 Å². The number of nitrogens with two attached hydrogens (primary N) is 1. The highest BCUT2D eigenvalue weighted by atomic mass is 32.2.